The molecule has 0 aromatic heterocycles. The minimum Gasteiger partial charge on any atom is -0.483 e. The van der Waals surface area contributed by atoms with Crippen molar-refractivity contribution < 1.29 is 14.3 Å². The second-order valence-electron chi connectivity index (χ2n) is 9.14. The van der Waals surface area contributed by atoms with Gasteiger partial charge in [-0.05, 0) is 67.4 Å². The summed E-state index contributed by atoms with van der Waals surface area (Å²) in [6.07, 6.45) is 6.08. The topological polar surface area (TPSA) is 67.4 Å². The van der Waals surface area contributed by atoms with Crippen molar-refractivity contribution >= 4 is 11.8 Å². The van der Waals surface area contributed by atoms with Crippen molar-refractivity contribution in [1.29, 1.82) is 0 Å². The fourth-order valence-corrected chi connectivity index (χ4v) is 6.20. The van der Waals surface area contributed by atoms with Gasteiger partial charge < -0.3 is 4.74 Å². The third-order valence-electron chi connectivity index (χ3n) is 7.19. The van der Waals surface area contributed by atoms with Crippen LogP contribution in [0.1, 0.15) is 32.1 Å². The minimum absolute atomic E-state index is 0.0261. The lowest BCUT2D eigenvalue weighted by atomic mass is 9.52. The number of amides is 2. The van der Waals surface area contributed by atoms with Crippen LogP contribution in [0.5, 0.6) is 5.75 Å². The number of para-hydroxylation sites is 1. The predicted octanol–water partition coefficient (Wildman–Crippen LogP) is 3.95. The van der Waals surface area contributed by atoms with E-state index in [0.717, 1.165) is 23.0 Å². The molecule has 5 heteroatoms. The number of benzene rings is 2. The maximum absolute atomic E-state index is 12.8. The highest BCUT2D eigenvalue weighted by Crippen LogP contribution is 2.56. The molecular weight excluding hydrogens is 376 g/mol. The molecule has 4 fully saturated rings. The molecule has 2 amide bonds. The maximum atomic E-state index is 12.8. The Morgan fingerprint density at radius 3 is 2.13 bits per heavy atom. The number of ether oxygens (including phenoxy) is 1. The van der Waals surface area contributed by atoms with Crippen LogP contribution in [0.2, 0.25) is 0 Å². The van der Waals surface area contributed by atoms with Crippen molar-refractivity contribution in [3.05, 3.63) is 54.6 Å². The van der Waals surface area contributed by atoms with E-state index in [0.29, 0.717) is 17.6 Å². The van der Waals surface area contributed by atoms with Crippen molar-refractivity contribution in [2.45, 2.75) is 32.1 Å². The van der Waals surface area contributed by atoms with Crippen molar-refractivity contribution in [3.63, 3.8) is 0 Å². The summed E-state index contributed by atoms with van der Waals surface area (Å²) in [4.78, 5) is 25.1. The summed E-state index contributed by atoms with van der Waals surface area (Å²) >= 11 is 0. The fourth-order valence-electron chi connectivity index (χ4n) is 6.20. The molecular formula is C25H28N2O3. The summed E-state index contributed by atoms with van der Waals surface area (Å²) in [5.74, 6) is 2.95. The van der Waals surface area contributed by atoms with Crippen LogP contribution in [-0.4, -0.2) is 18.4 Å². The minimum atomic E-state index is -0.352. The van der Waals surface area contributed by atoms with Gasteiger partial charge in [0.2, 0.25) is 5.91 Å². The molecule has 0 radical (unpaired) electrons. The first kappa shape index (κ1) is 19.2. The standard InChI is InChI=1S/C25H28N2O3/c28-23(15-30-22-9-5-4-8-21(22)18-6-2-1-3-7-18)26-27-25(29)24-19-11-16-10-17(13-19)14-20(24)12-16/h1-9,16-17,19-20,24H,10-15H2,(H,26,28)(H,27,29). The molecule has 0 saturated heterocycles. The van der Waals surface area contributed by atoms with E-state index in [1.54, 1.807) is 0 Å². The monoisotopic (exact) mass is 404 g/mol. The van der Waals surface area contributed by atoms with Crippen molar-refractivity contribution in [2.24, 2.45) is 29.6 Å². The molecule has 30 heavy (non-hydrogen) atoms. The van der Waals surface area contributed by atoms with E-state index < -0.39 is 0 Å². The number of carbonyl (C=O) groups excluding carboxylic acids is 2. The van der Waals surface area contributed by atoms with E-state index in [9.17, 15) is 9.59 Å². The van der Waals surface area contributed by atoms with Crippen LogP contribution in [-0.2, 0) is 9.59 Å². The molecule has 0 heterocycles. The molecule has 2 aromatic carbocycles. The quantitative estimate of drug-likeness (QED) is 0.742. The van der Waals surface area contributed by atoms with Crippen LogP contribution in [0, 0.1) is 29.6 Å². The molecule has 5 nitrogen and oxygen atoms in total. The summed E-state index contributed by atoms with van der Waals surface area (Å²) in [7, 11) is 0. The molecule has 4 saturated carbocycles. The molecule has 2 N–H and O–H groups in total. The summed E-state index contributed by atoms with van der Waals surface area (Å²) in [6, 6.07) is 17.6. The molecule has 156 valence electrons. The average Bonchev–Trinajstić information content (AvgIpc) is 2.76. The number of nitrogens with one attached hydrogen (secondary N) is 2. The zero-order valence-corrected chi connectivity index (χ0v) is 17.1. The van der Waals surface area contributed by atoms with Gasteiger partial charge in [-0.3, -0.25) is 20.4 Å². The largest absolute Gasteiger partial charge is 0.483 e. The fraction of sp³-hybridized carbons (Fsp3) is 0.440. The van der Waals surface area contributed by atoms with Crippen molar-refractivity contribution in [3.8, 4) is 16.9 Å². The van der Waals surface area contributed by atoms with Gasteiger partial charge in [-0.25, -0.2) is 0 Å². The molecule has 0 unspecified atom stereocenters. The van der Waals surface area contributed by atoms with E-state index in [-0.39, 0.29) is 24.3 Å². The van der Waals surface area contributed by atoms with Gasteiger partial charge in [0.1, 0.15) is 5.75 Å². The SMILES string of the molecule is O=C(COc1ccccc1-c1ccccc1)NNC(=O)C1C2CC3CC(C2)CC1C3. The molecule has 4 bridgehead atoms. The van der Waals surface area contributed by atoms with Crippen LogP contribution in [0.25, 0.3) is 11.1 Å². The first-order chi connectivity index (χ1) is 14.7. The molecule has 0 spiro atoms. The molecule has 2 aromatic rings. The van der Waals surface area contributed by atoms with Gasteiger partial charge in [0.15, 0.2) is 6.61 Å². The molecule has 0 aliphatic heterocycles. The molecule has 4 aliphatic carbocycles. The lowest BCUT2D eigenvalue weighted by Gasteiger charge is -2.53. The highest BCUT2D eigenvalue weighted by atomic mass is 16.5. The first-order valence-electron chi connectivity index (χ1n) is 11.0. The Hall–Kier alpha value is -2.82. The van der Waals surface area contributed by atoms with E-state index in [1.165, 1.54) is 32.1 Å². The number of hydrogen-bond donors (Lipinski definition) is 2. The number of hydrazine groups is 1. The van der Waals surface area contributed by atoms with E-state index >= 15 is 0 Å². The Balaban J connectivity index is 1.15. The summed E-state index contributed by atoms with van der Waals surface area (Å²) < 4.78 is 5.76. The Bertz CT molecular complexity index is 899. The zero-order valence-electron chi connectivity index (χ0n) is 17.1. The van der Waals surface area contributed by atoms with Gasteiger partial charge in [-0.2, -0.15) is 0 Å². The number of hydrogen-bond acceptors (Lipinski definition) is 3. The van der Waals surface area contributed by atoms with E-state index in [2.05, 4.69) is 10.9 Å². The third kappa shape index (κ3) is 3.81. The predicted molar refractivity (Wildman–Crippen MR) is 114 cm³/mol. The summed E-state index contributed by atoms with van der Waals surface area (Å²) in [5.41, 5.74) is 7.20. The second kappa shape index (κ2) is 8.13. The van der Waals surface area contributed by atoms with Crippen LogP contribution in [0.4, 0.5) is 0 Å². The summed E-state index contributed by atoms with van der Waals surface area (Å²) in [5, 5.41) is 0. The third-order valence-corrected chi connectivity index (χ3v) is 7.19. The van der Waals surface area contributed by atoms with Gasteiger partial charge in [0.25, 0.3) is 5.91 Å². The first-order valence-corrected chi connectivity index (χ1v) is 11.0. The average molecular weight is 405 g/mol. The maximum Gasteiger partial charge on any atom is 0.276 e. The van der Waals surface area contributed by atoms with Crippen molar-refractivity contribution in [2.75, 3.05) is 6.61 Å². The molecule has 6 rings (SSSR count). The van der Waals surface area contributed by atoms with Gasteiger partial charge >= 0.3 is 0 Å². The van der Waals surface area contributed by atoms with Crippen LogP contribution in [0.15, 0.2) is 54.6 Å². The number of rotatable bonds is 5. The second-order valence-corrected chi connectivity index (χ2v) is 9.14. The van der Waals surface area contributed by atoms with E-state index in [1.807, 2.05) is 54.6 Å². The van der Waals surface area contributed by atoms with Crippen molar-refractivity contribution in [1.82, 2.24) is 10.9 Å². The molecule has 0 atom stereocenters. The highest BCUT2D eigenvalue weighted by molar-refractivity contribution is 5.84. The lowest BCUT2D eigenvalue weighted by Crippen LogP contribution is -2.54. The van der Waals surface area contributed by atoms with Gasteiger partial charge in [-0.15, -0.1) is 0 Å². The highest BCUT2D eigenvalue weighted by Gasteiger charge is 2.50. The van der Waals surface area contributed by atoms with Gasteiger partial charge in [0.05, 0.1) is 0 Å². The summed E-state index contributed by atoms with van der Waals surface area (Å²) in [6.45, 7) is -0.147. The van der Waals surface area contributed by atoms with Crippen LogP contribution >= 0.6 is 0 Å². The van der Waals surface area contributed by atoms with Crippen LogP contribution < -0.4 is 15.6 Å². The lowest BCUT2D eigenvalue weighted by molar-refractivity contribution is -0.141. The Kier molecular flexibility index (Phi) is 5.19. The van der Waals surface area contributed by atoms with E-state index in [4.69, 9.17) is 4.74 Å². The van der Waals surface area contributed by atoms with Gasteiger partial charge in [0, 0.05) is 11.5 Å². The Labute approximate surface area is 177 Å². The van der Waals surface area contributed by atoms with Gasteiger partial charge in [-0.1, -0.05) is 48.5 Å². The number of carbonyl (C=O) groups is 2. The Morgan fingerprint density at radius 1 is 0.800 bits per heavy atom. The zero-order chi connectivity index (χ0) is 20.5. The Morgan fingerprint density at radius 2 is 1.43 bits per heavy atom. The molecule has 4 aliphatic rings. The van der Waals surface area contributed by atoms with Crippen LogP contribution in [0.3, 0.4) is 0 Å². The smallest absolute Gasteiger partial charge is 0.276 e. The normalized spacial score (nSPS) is 28.7.